The summed E-state index contributed by atoms with van der Waals surface area (Å²) in [5.74, 6) is 1.78. The van der Waals surface area contributed by atoms with Crippen molar-refractivity contribution in [1.82, 2.24) is 5.23 Å². The van der Waals surface area contributed by atoms with E-state index < -0.39 is 6.10 Å². The van der Waals surface area contributed by atoms with E-state index >= 15 is 0 Å². The molecule has 1 aliphatic rings. The van der Waals surface area contributed by atoms with E-state index in [2.05, 4.69) is 0 Å². The average molecular weight is 314 g/mol. The average Bonchev–Trinajstić information content (AvgIpc) is 2.60. The largest absolute Gasteiger partial charge is 0.734 e. The Balaban J connectivity index is 2.06. The topological polar surface area (TPSA) is 74.2 Å². The van der Waals surface area contributed by atoms with Gasteiger partial charge in [0, 0.05) is 5.56 Å². The maximum Gasteiger partial charge on any atom is 0.169 e. The van der Waals surface area contributed by atoms with Gasteiger partial charge in [0.05, 0.1) is 19.9 Å². The molecule has 1 atom stereocenters. The summed E-state index contributed by atoms with van der Waals surface area (Å²) in [5.41, 5.74) is 1.47. The lowest BCUT2D eigenvalue weighted by Gasteiger charge is -2.35. The highest BCUT2D eigenvalue weighted by Crippen LogP contribution is 2.43. The molecule has 0 spiro atoms. The van der Waals surface area contributed by atoms with Gasteiger partial charge in [-0.05, 0) is 29.8 Å². The van der Waals surface area contributed by atoms with Crippen molar-refractivity contribution in [3.63, 3.8) is 0 Å². The molecular formula is C17H16NO5-. The summed E-state index contributed by atoms with van der Waals surface area (Å²) in [6.07, 6.45) is 0.843. The van der Waals surface area contributed by atoms with E-state index in [4.69, 9.17) is 14.2 Å². The molecule has 0 aromatic heterocycles. The van der Waals surface area contributed by atoms with Gasteiger partial charge in [0.2, 0.25) is 0 Å². The van der Waals surface area contributed by atoms with Gasteiger partial charge in [-0.25, -0.2) is 0 Å². The Kier molecular flexibility index (Phi) is 4.10. The fourth-order valence-electron chi connectivity index (χ4n) is 2.52. The number of para-hydroxylation sites is 1. The molecule has 0 amide bonds. The molecular weight excluding hydrogens is 298 g/mol. The first-order valence-electron chi connectivity index (χ1n) is 6.99. The van der Waals surface area contributed by atoms with E-state index in [-0.39, 0.29) is 10.9 Å². The molecule has 1 heterocycles. The number of hydrogen-bond donors (Lipinski definition) is 1. The predicted octanol–water partition coefficient (Wildman–Crippen LogP) is 3.37. The molecule has 0 radical (unpaired) electrons. The number of fused-ring (bicyclic) bond motifs is 1. The first-order valence-corrected chi connectivity index (χ1v) is 6.99. The Labute approximate surface area is 133 Å². The van der Waals surface area contributed by atoms with Gasteiger partial charge in [0.25, 0.3) is 0 Å². The first kappa shape index (κ1) is 15.2. The van der Waals surface area contributed by atoms with Crippen molar-refractivity contribution < 1.29 is 19.4 Å². The minimum absolute atomic E-state index is 0.0934. The Morgan fingerprint density at radius 2 is 1.83 bits per heavy atom. The van der Waals surface area contributed by atoms with Gasteiger partial charge in [-0.3, -0.25) is 5.21 Å². The number of ether oxygens (including phenoxy) is 3. The molecule has 0 saturated heterocycles. The third kappa shape index (κ3) is 2.81. The van der Waals surface area contributed by atoms with Crippen LogP contribution < -0.4 is 14.2 Å². The Hall–Kier alpha value is -2.70. The second-order valence-corrected chi connectivity index (χ2v) is 4.99. The van der Waals surface area contributed by atoms with Gasteiger partial charge in [-0.2, -0.15) is 0 Å². The van der Waals surface area contributed by atoms with E-state index in [9.17, 15) is 10.4 Å². The highest BCUT2D eigenvalue weighted by atomic mass is 16.8. The van der Waals surface area contributed by atoms with Crippen LogP contribution in [0.2, 0.25) is 0 Å². The Morgan fingerprint density at radius 3 is 2.43 bits per heavy atom. The SMILES string of the molecule is COc1ccc(C2Oc3c(cccc3OC)C=C2N([O-])O)cc1. The standard InChI is InChI=1S/C17H16NO5/c1-21-13-8-6-11(7-9-13)16-14(18(19)20)10-12-4-3-5-15(22-2)17(12)23-16/h3-10,16,19H,1-2H3/q-1. The van der Waals surface area contributed by atoms with Crippen molar-refractivity contribution in [3.8, 4) is 17.2 Å². The molecule has 3 rings (SSSR count). The highest BCUT2D eigenvalue weighted by Gasteiger charge is 2.27. The monoisotopic (exact) mass is 314 g/mol. The minimum atomic E-state index is -0.743. The molecule has 6 nitrogen and oxygen atoms in total. The van der Waals surface area contributed by atoms with Crippen molar-refractivity contribution in [1.29, 1.82) is 0 Å². The lowest BCUT2D eigenvalue weighted by atomic mass is 10.0. The van der Waals surface area contributed by atoms with Crippen molar-refractivity contribution >= 4 is 6.08 Å². The zero-order valence-corrected chi connectivity index (χ0v) is 12.7. The number of benzene rings is 2. The van der Waals surface area contributed by atoms with Gasteiger partial charge in [-0.15, -0.1) is 0 Å². The molecule has 1 N–H and O–H groups in total. The van der Waals surface area contributed by atoms with Crippen molar-refractivity contribution in [2.75, 3.05) is 14.2 Å². The van der Waals surface area contributed by atoms with Crippen molar-refractivity contribution in [2.24, 2.45) is 0 Å². The minimum Gasteiger partial charge on any atom is -0.734 e. The number of rotatable bonds is 4. The van der Waals surface area contributed by atoms with Crippen LogP contribution in [0.15, 0.2) is 48.2 Å². The normalized spacial score (nSPS) is 16.0. The molecule has 1 aliphatic heterocycles. The maximum atomic E-state index is 11.5. The van der Waals surface area contributed by atoms with Crippen LogP contribution in [0.4, 0.5) is 0 Å². The second kappa shape index (κ2) is 6.20. The van der Waals surface area contributed by atoms with E-state index in [0.717, 1.165) is 0 Å². The van der Waals surface area contributed by atoms with E-state index in [1.54, 1.807) is 62.8 Å². The number of methoxy groups -OCH3 is 2. The van der Waals surface area contributed by atoms with Crippen molar-refractivity contribution in [3.05, 3.63) is 64.5 Å². The predicted molar refractivity (Wildman–Crippen MR) is 84.3 cm³/mol. The van der Waals surface area contributed by atoms with Gasteiger partial charge in [-0.1, -0.05) is 24.3 Å². The molecule has 23 heavy (non-hydrogen) atoms. The summed E-state index contributed by atoms with van der Waals surface area (Å²) in [6, 6.07) is 12.4. The summed E-state index contributed by atoms with van der Waals surface area (Å²) in [5, 5.41) is 20.8. The summed E-state index contributed by atoms with van der Waals surface area (Å²) in [7, 11) is 3.12. The third-order valence-electron chi connectivity index (χ3n) is 3.68. The zero-order chi connectivity index (χ0) is 16.4. The number of hydroxylamine groups is 2. The quantitative estimate of drug-likeness (QED) is 0.872. The number of nitrogens with zero attached hydrogens (tertiary/aromatic N) is 1. The van der Waals surface area contributed by atoms with Crippen LogP contribution in [-0.2, 0) is 0 Å². The van der Waals surface area contributed by atoms with Gasteiger partial charge in [0.15, 0.2) is 17.6 Å². The summed E-state index contributed by atoms with van der Waals surface area (Å²) < 4.78 is 16.4. The molecule has 0 fully saturated rings. The Bertz CT molecular complexity index is 724. The van der Waals surface area contributed by atoms with Crippen LogP contribution >= 0.6 is 0 Å². The maximum absolute atomic E-state index is 11.5. The molecule has 120 valence electrons. The van der Waals surface area contributed by atoms with Crippen LogP contribution in [0, 0.1) is 5.21 Å². The van der Waals surface area contributed by atoms with Crippen LogP contribution in [-0.4, -0.2) is 24.7 Å². The van der Waals surface area contributed by atoms with E-state index in [1.807, 2.05) is 0 Å². The fourth-order valence-corrected chi connectivity index (χ4v) is 2.52. The lowest BCUT2D eigenvalue weighted by Crippen LogP contribution is -2.24. The second-order valence-electron chi connectivity index (χ2n) is 4.99. The van der Waals surface area contributed by atoms with E-state index in [1.165, 1.54) is 0 Å². The van der Waals surface area contributed by atoms with Gasteiger partial charge < -0.3 is 24.6 Å². The summed E-state index contributed by atoms with van der Waals surface area (Å²) in [6.45, 7) is 0. The zero-order valence-electron chi connectivity index (χ0n) is 12.7. The smallest absolute Gasteiger partial charge is 0.169 e. The molecule has 1 unspecified atom stereocenters. The Morgan fingerprint density at radius 1 is 1.09 bits per heavy atom. The molecule has 6 heteroatoms. The van der Waals surface area contributed by atoms with Crippen LogP contribution in [0.1, 0.15) is 17.2 Å². The molecule has 0 saturated carbocycles. The lowest BCUT2D eigenvalue weighted by molar-refractivity contribution is -0.0247. The van der Waals surface area contributed by atoms with Crippen LogP contribution in [0.25, 0.3) is 6.08 Å². The fraction of sp³-hybridized carbons (Fsp3) is 0.176. The van der Waals surface area contributed by atoms with E-state index in [0.29, 0.717) is 28.4 Å². The molecule has 0 aliphatic carbocycles. The van der Waals surface area contributed by atoms with Crippen molar-refractivity contribution in [2.45, 2.75) is 6.10 Å². The van der Waals surface area contributed by atoms with Gasteiger partial charge >= 0.3 is 0 Å². The van der Waals surface area contributed by atoms with Crippen LogP contribution in [0.3, 0.4) is 0 Å². The molecule has 2 aromatic carbocycles. The highest BCUT2D eigenvalue weighted by molar-refractivity contribution is 5.67. The number of hydrogen-bond acceptors (Lipinski definition) is 6. The molecule has 0 bridgehead atoms. The van der Waals surface area contributed by atoms with Gasteiger partial charge in [0.1, 0.15) is 5.75 Å². The van der Waals surface area contributed by atoms with Crippen LogP contribution in [0.5, 0.6) is 17.2 Å². The summed E-state index contributed by atoms with van der Waals surface area (Å²) in [4.78, 5) is 0. The summed E-state index contributed by atoms with van der Waals surface area (Å²) >= 11 is 0. The first-order chi connectivity index (χ1) is 11.1. The third-order valence-corrected chi connectivity index (χ3v) is 3.68. The molecule has 2 aromatic rings.